The van der Waals surface area contributed by atoms with E-state index in [0.717, 1.165) is 52.1 Å². The standard InChI is InChI=1S/C17H27NO2/c1-2-17(19)14-18(12-15-6-4-3-5-7-15)13-16-8-10-20-11-9-16/h3-7,16-17,19H,2,8-14H2,1H3. The monoisotopic (exact) mass is 277 g/mol. The Labute approximate surface area is 122 Å². The predicted molar refractivity (Wildman–Crippen MR) is 81.6 cm³/mol. The van der Waals surface area contributed by atoms with Gasteiger partial charge in [0, 0.05) is 32.8 Å². The molecule has 0 spiro atoms. The number of rotatable bonds is 7. The van der Waals surface area contributed by atoms with Crippen molar-refractivity contribution in [1.82, 2.24) is 4.90 Å². The van der Waals surface area contributed by atoms with E-state index in [4.69, 9.17) is 4.74 Å². The quantitative estimate of drug-likeness (QED) is 0.832. The first-order valence-electron chi connectivity index (χ1n) is 7.80. The minimum atomic E-state index is -0.224. The fraction of sp³-hybridized carbons (Fsp3) is 0.647. The first kappa shape index (κ1) is 15.5. The maximum atomic E-state index is 9.97. The Hall–Kier alpha value is -0.900. The molecule has 1 fully saturated rings. The third-order valence-corrected chi connectivity index (χ3v) is 4.05. The molecule has 3 heteroatoms. The second-order valence-electron chi connectivity index (χ2n) is 5.80. The van der Waals surface area contributed by atoms with E-state index in [-0.39, 0.29) is 6.10 Å². The Bertz CT molecular complexity index is 363. The van der Waals surface area contributed by atoms with Crippen molar-refractivity contribution in [3.63, 3.8) is 0 Å². The summed E-state index contributed by atoms with van der Waals surface area (Å²) in [4.78, 5) is 2.40. The number of hydrogen-bond acceptors (Lipinski definition) is 3. The van der Waals surface area contributed by atoms with E-state index in [9.17, 15) is 5.11 Å². The Morgan fingerprint density at radius 3 is 2.60 bits per heavy atom. The van der Waals surface area contributed by atoms with Crippen molar-refractivity contribution in [3.8, 4) is 0 Å². The highest BCUT2D eigenvalue weighted by Gasteiger charge is 2.19. The van der Waals surface area contributed by atoms with Crippen molar-refractivity contribution in [2.24, 2.45) is 5.92 Å². The van der Waals surface area contributed by atoms with Crippen LogP contribution in [0.5, 0.6) is 0 Å². The summed E-state index contributed by atoms with van der Waals surface area (Å²) < 4.78 is 5.43. The highest BCUT2D eigenvalue weighted by molar-refractivity contribution is 5.14. The topological polar surface area (TPSA) is 32.7 Å². The van der Waals surface area contributed by atoms with Crippen molar-refractivity contribution in [2.45, 2.75) is 38.8 Å². The summed E-state index contributed by atoms with van der Waals surface area (Å²) in [6, 6.07) is 10.5. The van der Waals surface area contributed by atoms with Gasteiger partial charge in [-0.05, 0) is 30.7 Å². The molecule has 1 heterocycles. The fourth-order valence-corrected chi connectivity index (χ4v) is 2.77. The zero-order valence-corrected chi connectivity index (χ0v) is 12.5. The summed E-state index contributed by atoms with van der Waals surface area (Å²) >= 11 is 0. The maximum absolute atomic E-state index is 9.97. The average molecular weight is 277 g/mol. The van der Waals surface area contributed by atoms with Crippen LogP contribution in [-0.2, 0) is 11.3 Å². The number of benzene rings is 1. The van der Waals surface area contributed by atoms with Crippen molar-refractivity contribution in [1.29, 1.82) is 0 Å². The van der Waals surface area contributed by atoms with Crippen molar-refractivity contribution < 1.29 is 9.84 Å². The van der Waals surface area contributed by atoms with Crippen molar-refractivity contribution in [3.05, 3.63) is 35.9 Å². The van der Waals surface area contributed by atoms with Crippen LogP contribution >= 0.6 is 0 Å². The summed E-state index contributed by atoms with van der Waals surface area (Å²) in [7, 11) is 0. The van der Waals surface area contributed by atoms with E-state index >= 15 is 0 Å². The van der Waals surface area contributed by atoms with Crippen LogP contribution in [0.2, 0.25) is 0 Å². The molecule has 0 saturated carbocycles. The molecule has 20 heavy (non-hydrogen) atoms. The minimum Gasteiger partial charge on any atom is -0.392 e. The van der Waals surface area contributed by atoms with E-state index in [1.54, 1.807) is 0 Å². The van der Waals surface area contributed by atoms with Gasteiger partial charge in [0.15, 0.2) is 0 Å². The van der Waals surface area contributed by atoms with Gasteiger partial charge in [0.2, 0.25) is 0 Å². The number of aliphatic hydroxyl groups excluding tert-OH is 1. The van der Waals surface area contributed by atoms with Crippen LogP contribution in [0.1, 0.15) is 31.7 Å². The van der Waals surface area contributed by atoms with Crippen LogP contribution in [-0.4, -0.2) is 42.4 Å². The Balaban J connectivity index is 1.92. The summed E-state index contributed by atoms with van der Waals surface area (Å²) in [6.07, 6.45) is 2.89. The molecule has 1 aliphatic heterocycles. The predicted octanol–water partition coefficient (Wildman–Crippen LogP) is 2.69. The zero-order chi connectivity index (χ0) is 14.2. The molecule has 1 unspecified atom stereocenters. The van der Waals surface area contributed by atoms with Gasteiger partial charge in [0.25, 0.3) is 0 Å². The number of hydrogen-bond donors (Lipinski definition) is 1. The molecule has 0 bridgehead atoms. The third kappa shape index (κ3) is 5.23. The van der Waals surface area contributed by atoms with E-state index in [2.05, 4.69) is 29.2 Å². The third-order valence-electron chi connectivity index (χ3n) is 4.05. The van der Waals surface area contributed by atoms with Crippen LogP contribution in [0.4, 0.5) is 0 Å². The van der Waals surface area contributed by atoms with Crippen LogP contribution in [0.15, 0.2) is 30.3 Å². The van der Waals surface area contributed by atoms with Crippen LogP contribution in [0, 0.1) is 5.92 Å². The first-order valence-corrected chi connectivity index (χ1v) is 7.80. The van der Waals surface area contributed by atoms with Gasteiger partial charge in [-0.2, -0.15) is 0 Å². The highest BCUT2D eigenvalue weighted by atomic mass is 16.5. The second-order valence-corrected chi connectivity index (χ2v) is 5.80. The van der Waals surface area contributed by atoms with Gasteiger partial charge in [-0.25, -0.2) is 0 Å². The summed E-state index contributed by atoms with van der Waals surface area (Å²) in [6.45, 7) is 6.58. The molecule has 0 amide bonds. The Morgan fingerprint density at radius 2 is 1.95 bits per heavy atom. The van der Waals surface area contributed by atoms with Gasteiger partial charge in [0.05, 0.1) is 6.10 Å². The molecular weight excluding hydrogens is 250 g/mol. The largest absolute Gasteiger partial charge is 0.392 e. The van der Waals surface area contributed by atoms with Gasteiger partial charge in [0.1, 0.15) is 0 Å². The van der Waals surface area contributed by atoms with Gasteiger partial charge in [-0.15, -0.1) is 0 Å². The van der Waals surface area contributed by atoms with Crippen molar-refractivity contribution >= 4 is 0 Å². The molecule has 112 valence electrons. The van der Waals surface area contributed by atoms with Crippen LogP contribution < -0.4 is 0 Å². The molecule has 0 aliphatic carbocycles. The summed E-state index contributed by atoms with van der Waals surface area (Å²) in [5.41, 5.74) is 1.32. The van der Waals surface area contributed by atoms with E-state index in [0.29, 0.717) is 5.92 Å². The smallest absolute Gasteiger partial charge is 0.0664 e. The lowest BCUT2D eigenvalue weighted by molar-refractivity contribution is 0.0397. The Morgan fingerprint density at radius 1 is 1.25 bits per heavy atom. The number of nitrogens with zero attached hydrogens (tertiary/aromatic N) is 1. The molecule has 1 aromatic carbocycles. The number of aliphatic hydroxyl groups is 1. The van der Waals surface area contributed by atoms with Crippen molar-refractivity contribution in [2.75, 3.05) is 26.3 Å². The lowest BCUT2D eigenvalue weighted by atomic mass is 9.99. The van der Waals surface area contributed by atoms with Gasteiger partial charge >= 0.3 is 0 Å². The molecule has 0 radical (unpaired) electrons. The molecule has 1 saturated heterocycles. The van der Waals surface area contributed by atoms with E-state index in [1.165, 1.54) is 5.56 Å². The van der Waals surface area contributed by atoms with E-state index in [1.807, 2.05) is 13.0 Å². The molecule has 1 aliphatic rings. The zero-order valence-electron chi connectivity index (χ0n) is 12.5. The normalized spacial score (nSPS) is 18.4. The number of ether oxygens (including phenoxy) is 1. The Kier molecular flexibility index (Phi) is 6.51. The molecule has 1 atom stereocenters. The van der Waals surface area contributed by atoms with E-state index < -0.39 is 0 Å². The fourth-order valence-electron chi connectivity index (χ4n) is 2.77. The average Bonchev–Trinajstić information content (AvgIpc) is 2.49. The molecule has 0 aromatic heterocycles. The molecule has 3 nitrogen and oxygen atoms in total. The lowest BCUT2D eigenvalue weighted by Crippen LogP contribution is -2.37. The summed E-state index contributed by atoms with van der Waals surface area (Å²) in [5.74, 6) is 0.705. The molecule has 2 rings (SSSR count). The van der Waals surface area contributed by atoms with Gasteiger partial charge in [-0.1, -0.05) is 37.3 Å². The maximum Gasteiger partial charge on any atom is 0.0664 e. The van der Waals surface area contributed by atoms with Gasteiger partial charge in [-0.3, -0.25) is 4.90 Å². The van der Waals surface area contributed by atoms with Crippen LogP contribution in [0.3, 0.4) is 0 Å². The molecule has 1 aromatic rings. The van der Waals surface area contributed by atoms with Gasteiger partial charge < -0.3 is 9.84 Å². The summed E-state index contributed by atoms with van der Waals surface area (Å²) in [5, 5.41) is 9.97. The first-order chi connectivity index (χ1) is 9.78. The highest BCUT2D eigenvalue weighted by Crippen LogP contribution is 2.18. The SMILES string of the molecule is CCC(O)CN(Cc1ccccc1)CC1CCOCC1. The minimum absolute atomic E-state index is 0.224. The molecule has 1 N–H and O–H groups in total. The molecular formula is C17H27NO2. The second kappa shape index (κ2) is 8.40. The van der Waals surface area contributed by atoms with Crippen LogP contribution in [0.25, 0.3) is 0 Å². The lowest BCUT2D eigenvalue weighted by Gasteiger charge is -2.31.